The molecule has 24 nitrogen and oxygen atoms in total. The van der Waals surface area contributed by atoms with Gasteiger partial charge in [-0.25, -0.2) is 57.5 Å². The van der Waals surface area contributed by atoms with E-state index in [2.05, 4.69) is 59.2 Å². The van der Waals surface area contributed by atoms with E-state index in [1.165, 1.54) is 0 Å². The van der Waals surface area contributed by atoms with Crippen molar-refractivity contribution in [2.24, 2.45) is 0 Å². The molecule has 1 aromatic rings. The highest BCUT2D eigenvalue weighted by atomic mass is 16.8. The van der Waals surface area contributed by atoms with E-state index in [0.717, 1.165) is 62.3 Å². The highest BCUT2D eigenvalue weighted by molar-refractivity contribution is 5.91. The molecule has 0 saturated carbocycles. The number of hydrogen-bond donors (Lipinski definition) is 0. The molecule has 1 rings (SSSR count). The minimum absolute atomic E-state index is 0.426. The molecule has 69 heavy (non-hydrogen) atoms. The highest BCUT2D eigenvalue weighted by Crippen LogP contribution is 2.28. The quantitative estimate of drug-likeness (QED) is 0.0620. The molecule has 0 radical (unpaired) electrons. The number of nitrogens with zero attached hydrogens (tertiary/aromatic N) is 3. The number of aromatic nitrogens is 3. The Bertz CT molecular complexity index is 2310. The number of hydrogen-bond acceptors (Lipinski definition) is 21. The van der Waals surface area contributed by atoms with Crippen molar-refractivity contribution in [3.8, 4) is 0 Å². The van der Waals surface area contributed by atoms with Gasteiger partial charge in [-0.1, -0.05) is 59.2 Å². The fourth-order valence-corrected chi connectivity index (χ4v) is 4.36. The van der Waals surface area contributed by atoms with Gasteiger partial charge in [0.1, 0.15) is 0 Å². The van der Waals surface area contributed by atoms with Crippen LogP contribution in [0.4, 0.5) is 0 Å². The fraction of sp³-hybridized carbons (Fsp3) is 0.333. The molecule has 0 amide bonds. The van der Waals surface area contributed by atoms with Gasteiger partial charge in [-0.2, -0.15) is 13.7 Å². The number of carbonyl (C=O) groups excluding carboxylic acids is 9. The van der Waals surface area contributed by atoms with Gasteiger partial charge in [0.2, 0.25) is 0 Å². The third kappa shape index (κ3) is 14.2. The normalized spacial score (nSPS) is 10.9. The lowest BCUT2D eigenvalue weighted by Crippen LogP contribution is -2.72. The average molecular weight is 970 g/mol. The smallest absolute Gasteiger partial charge is 0.390 e. The van der Waals surface area contributed by atoms with Crippen molar-refractivity contribution < 1.29 is 85.8 Å². The second-order valence-electron chi connectivity index (χ2n) is 15.1. The molecule has 0 N–H and O–H groups in total. The largest absolute Gasteiger partial charge is 0.452 e. The van der Waals surface area contributed by atoms with Gasteiger partial charge in [-0.15, -0.1) is 0 Å². The maximum Gasteiger partial charge on any atom is 0.390 e. The molecule has 0 aromatic carbocycles. The first-order valence-electron chi connectivity index (χ1n) is 19.4. The molecule has 0 aliphatic rings. The molecule has 0 fully saturated rings. The van der Waals surface area contributed by atoms with Crippen LogP contribution in [0, 0.1) is 0 Å². The summed E-state index contributed by atoms with van der Waals surface area (Å²) in [6, 6.07) is 0. The molecule has 0 saturated heterocycles. The zero-order chi connectivity index (χ0) is 53.8. The lowest BCUT2D eigenvalue weighted by atomic mass is 10.3. The van der Waals surface area contributed by atoms with Crippen LogP contribution in [0.25, 0.3) is 0 Å². The first-order chi connectivity index (χ1) is 31.5. The number of carbonyl (C=O) groups is 9. The second-order valence-corrected chi connectivity index (χ2v) is 15.1. The van der Waals surface area contributed by atoms with Crippen LogP contribution in [0.15, 0.2) is 124 Å². The Kier molecular flexibility index (Phi) is 19.6. The van der Waals surface area contributed by atoms with Crippen LogP contribution in [0.3, 0.4) is 0 Å². The SMILES string of the molecule is C=C(C)C(=O)OCC(OC(=O)C(=C)C)(OC(=O)C(=C)C)n1c(=O)n(C(COC(=O)C(=C)C)(OC(=O)C(=C)C)OC(=O)C(=C)C)c(=O)n(C(COC(=O)C(=C)C)(OC(=O)C(=C)C)OC(=O)C(=C)C)c1=O. The van der Waals surface area contributed by atoms with E-state index in [0.29, 0.717) is 0 Å². The Morgan fingerprint density at radius 3 is 0.551 bits per heavy atom. The summed E-state index contributed by atoms with van der Waals surface area (Å²) in [5.74, 6) is -26.4. The minimum Gasteiger partial charge on any atom is -0.452 e. The Balaban J connectivity index is 5.73. The van der Waals surface area contributed by atoms with Crippen molar-refractivity contribution in [2.75, 3.05) is 19.8 Å². The molecule has 0 aliphatic carbocycles. The first-order valence-corrected chi connectivity index (χ1v) is 19.4. The van der Waals surface area contributed by atoms with Gasteiger partial charge >= 0.3 is 88.5 Å². The Morgan fingerprint density at radius 2 is 0.435 bits per heavy atom. The second kappa shape index (κ2) is 23.2. The van der Waals surface area contributed by atoms with Crippen molar-refractivity contribution >= 4 is 53.7 Å². The summed E-state index contributed by atoms with van der Waals surface area (Å²) in [6.07, 6.45) is 0. The predicted molar refractivity (Wildman–Crippen MR) is 236 cm³/mol. The van der Waals surface area contributed by atoms with Gasteiger partial charge in [0.15, 0.2) is 19.8 Å². The number of esters is 9. The molecule has 1 aromatic heterocycles. The molecule has 1 heterocycles. The summed E-state index contributed by atoms with van der Waals surface area (Å²) < 4.78 is 46.4. The van der Waals surface area contributed by atoms with Crippen LogP contribution in [-0.2, 0) is 104 Å². The molecule has 24 heteroatoms. The van der Waals surface area contributed by atoms with Crippen molar-refractivity contribution in [3.05, 3.63) is 141 Å². The lowest BCUT2D eigenvalue weighted by molar-refractivity contribution is -0.303. The van der Waals surface area contributed by atoms with Crippen LogP contribution in [0.1, 0.15) is 62.3 Å². The standard InChI is InChI=1S/C45H51N3O21/c1-22(2)31(49)61-19-43(64-34(52)25(7)8,65-35(53)26(9)10)46-40(58)47(44(66-36(54)27(11)12,67-37(55)28(13)14)20-62-32(50)23(3)4)42(60)48(41(46)59)45(68-38(56)29(15)16,69-39(57)30(17)18)21-63-33(51)24(5)6/h1,3,5,7,9,11,13,15,17,19-21H2,2,4,6,8,10,12,14,16,18H3. The highest BCUT2D eigenvalue weighted by Gasteiger charge is 2.56. The Labute approximate surface area is 393 Å². The topological polar surface area (TPSA) is 303 Å². The van der Waals surface area contributed by atoms with Gasteiger partial charge < -0.3 is 42.6 Å². The Hall–Kier alpha value is -8.70. The summed E-state index contributed by atoms with van der Waals surface area (Å²) in [7, 11) is 0. The van der Waals surface area contributed by atoms with Gasteiger partial charge in [-0.05, 0) is 62.3 Å². The molecule has 0 atom stereocenters. The molecule has 0 bridgehead atoms. The van der Waals surface area contributed by atoms with Crippen LogP contribution in [0.5, 0.6) is 0 Å². The maximum atomic E-state index is 15.6. The van der Waals surface area contributed by atoms with E-state index in [-0.39, 0.29) is 0 Å². The van der Waals surface area contributed by atoms with E-state index >= 15 is 14.4 Å². The summed E-state index contributed by atoms with van der Waals surface area (Å²) >= 11 is 0. The third-order valence-corrected chi connectivity index (χ3v) is 7.98. The van der Waals surface area contributed by atoms with E-state index in [1.807, 2.05) is 0 Å². The summed E-state index contributed by atoms with van der Waals surface area (Å²) in [4.78, 5) is 168. The van der Waals surface area contributed by atoms with Crippen LogP contribution < -0.4 is 17.1 Å². The van der Waals surface area contributed by atoms with Crippen LogP contribution in [0.2, 0.25) is 0 Å². The summed E-state index contributed by atoms with van der Waals surface area (Å²) in [5, 5.41) is 0. The zero-order valence-electron chi connectivity index (χ0n) is 39.4. The number of ether oxygens (including phenoxy) is 9. The molecule has 0 aliphatic heterocycles. The number of rotatable bonds is 24. The minimum atomic E-state index is -3.98. The Morgan fingerprint density at radius 1 is 0.304 bits per heavy atom. The van der Waals surface area contributed by atoms with Gasteiger partial charge in [-0.3, -0.25) is 0 Å². The summed E-state index contributed by atoms with van der Waals surface area (Å²) in [6.45, 7) is 34.2. The van der Waals surface area contributed by atoms with Gasteiger partial charge in [0.25, 0.3) is 0 Å². The van der Waals surface area contributed by atoms with Crippen molar-refractivity contribution in [1.82, 2.24) is 13.7 Å². The molecule has 372 valence electrons. The third-order valence-electron chi connectivity index (χ3n) is 7.98. The van der Waals surface area contributed by atoms with Crippen LogP contribution in [-0.4, -0.2) is 87.2 Å². The molecular weight excluding hydrogens is 918 g/mol. The van der Waals surface area contributed by atoms with Crippen molar-refractivity contribution in [3.63, 3.8) is 0 Å². The van der Waals surface area contributed by atoms with E-state index in [1.54, 1.807) is 0 Å². The van der Waals surface area contributed by atoms with Gasteiger partial charge in [0.05, 0.1) is 0 Å². The van der Waals surface area contributed by atoms with E-state index in [9.17, 15) is 43.2 Å². The monoisotopic (exact) mass is 969 g/mol. The average Bonchev–Trinajstić information content (AvgIpc) is 3.22. The fourth-order valence-electron chi connectivity index (χ4n) is 4.36. The molecule has 0 unspecified atom stereocenters. The summed E-state index contributed by atoms with van der Waals surface area (Å²) in [5.41, 5.74) is -12.2. The zero-order valence-corrected chi connectivity index (χ0v) is 39.4. The van der Waals surface area contributed by atoms with Crippen LogP contribution >= 0.6 is 0 Å². The van der Waals surface area contributed by atoms with E-state index < -0.39 is 172 Å². The van der Waals surface area contributed by atoms with Crippen molar-refractivity contribution in [2.45, 2.75) is 80.0 Å². The maximum absolute atomic E-state index is 15.6. The molecular formula is C45H51N3O21. The molecule has 0 spiro atoms. The lowest BCUT2D eigenvalue weighted by Gasteiger charge is -2.38. The van der Waals surface area contributed by atoms with Gasteiger partial charge in [0, 0.05) is 50.2 Å². The predicted octanol–water partition coefficient (Wildman–Crippen LogP) is 2.08. The van der Waals surface area contributed by atoms with E-state index in [4.69, 9.17) is 42.6 Å². The first kappa shape index (κ1) is 58.3. The van der Waals surface area contributed by atoms with Crippen molar-refractivity contribution in [1.29, 1.82) is 0 Å².